The zero-order valence-electron chi connectivity index (χ0n) is 15.8. The zero-order valence-corrected chi connectivity index (χ0v) is 16.7. The highest BCUT2D eigenvalue weighted by molar-refractivity contribution is 7.58. The molecule has 7 heteroatoms. The van der Waals surface area contributed by atoms with Gasteiger partial charge >= 0.3 is 13.5 Å². The van der Waals surface area contributed by atoms with Crippen LogP contribution in [0.25, 0.3) is 0 Å². The predicted molar refractivity (Wildman–Crippen MR) is 97.5 cm³/mol. The minimum absolute atomic E-state index is 0.242. The van der Waals surface area contributed by atoms with Crippen molar-refractivity contribution in [3.8, 4) is 5.75 Å². The number of hydrogen-bond acceptors (Lipinski definition) is 4. The van der Waals surface area contributed by atoms with E-state index in [0.717, 1.165) is 0 Å². The molecule has 2 unspecified atom stereocenters. The third kappa shape index (κ3) is 6.12. The predicted octanol–water partition coefficient (Wildman–Crippen LogP) is 4.92. The van der Waals surface area contributed by atoms with Crippen LogP contribution in [0.1, 0.15) is 48.0 Å². The standard InChI is InChI=1S/C18H29FNO4P/c1-7-13-23-16(21)18(5,6)20-25(22,15(19)17(2,3)4)24-14-11-9-8-10-12-14/h8-12,15H,7,13H2,1-6H3,(H,20,22). The maximum Gasteiger partial charge on any atom is 0.351 e. The van der Waals surface area contributed by atoms with E-state index in [-0.39, 0.29) is 12.4 Å². The van der Waals surface area contributed by atoms with Crippen molar-refractivity contribution < 1.29 is 23.0 Å². The average Bonchev–Trinajstić information content (AvgIpc) is 2.51. The van der Waals surface area contributed by atoms with Gasteiger partial charge in [-0.2, -0.15) is 0 Å². The first-order valence-corrected chi connectivity index (χ1v) is 10.1. The molecule has 0 amide bonds. The van der Waals surface area contributed by atoms with E-state index in [9.17, 15) is 9.36 Å². The van der Waals surface area contributed by atoms with Crippen molar-refractivity contribution in [3.63, 3.8) is 0 Å². The lowest BCUT2D eigenvalue weighted by Crippen LogP contribution is -2.49. The van der Waals surface area contributed by atoms with Gasteiger partial charge in [0.1, 0.15) is 11.3 Å². The fourth-order valence-electron chi connectivity index (χ4n) is 2.08. The number of esters is 1. The lowest BCUT2D eigenvalue weighted by Gasteiger charge is -2.35. The fraction of sp³-hybridized carbons (Fsp3) is 0.611. The average molecular weight is 373 g/mol. The molecule has 0 radical (unpaired) electrons. The van der Waals surface area contributed by atoms with Crippen LogP contribution in [0.15, 0.2) is 30.3 Å². The molecular weight excluding hydrogens is 344 g/mol. The summed E-state index contributed by atoms with van der Waals surface area (Å²) in [6.07, 6.45) is 0.660. The molecule has 1 rings (SSSR count). The molecule has 1 aromatic rings. The summed E-state index contributed by atoms with van der Waals surface area (Å²) in [5.74, 6) is -2.16. The first-order chi connectivity index (χ1) is 11.4. The summed E-state index contributed by atoms with van der Waals surface area (Å²) in [4.78, 5) is 12.2. The van der Waals surface area contributed by atoms with Crippen LogP contribution in [0.4, 0.5) is 4.39 Å². The molecule has 5 nitrogen and oxygen atoms in total. The number of benzene rings is 1. The van der Waals surface area contributed by atoms with Gasteiger partial charge in [-0.1, -0.05) is 45.9 Å². The van der Waals surface area contributed by atoms with Crippen molar-refractivity contribution in [2.45, 2.75) is 59.4 Å². The van der Waals surface area contributed by atoms with E-state index in [0.29, 0.717) is 6.42 Å². The molecule has 0 aliphatic heterocycles. The quantitative estimate of drug-likeness (QED) is 0.517. The van der Waals surface area contributed by atoms with Crippen LogP contribution in [-0.4, -0.2) is 24.0 Å². The Morgan fingerprint density at radius 2 is 1.76 bits per heavy atom. The summed E-state index contributed by atoms with van der Waals surface area (Å²) in [6.45, 7) is 10.00. The number of ether oxygens (including phenoxy) is 1. The van der Waals surface area contributed by atoms with Gasteiger partial charge < -0.3 is 9.26 Å². The van der Waals surface area contributed by atoms with Crippen LogP contribution in [0.5, 0.6) is 5.75 Å². The molecule has 0 saturated carbocycles. The molecule has 0 spiro atoms. The number of alkyl halides is 1. The molecule has 0 fully saturated rings. The van der Waals surface area contributed by atoms with E-state index >= 15 is 4.39 Å². The largest absolute Gasteiger partial charge is 0.464 e. The van der Waals surface area contributed by atoms with Crippen molar-refractivity contribution in [1.82, 2.24) is 5.09 Å². The molecule has 1 aromatic carbocycles. The number of nitrogens with one attached hydrogen (secondary N) is 1. The molecule has 1 N–H and O–H groups in total. The molecule has 0 aliphatic rings. The SMILES string of the molecule is CCCOC(=O)C(C)(C)NP(=O)(Oc1ccccc1)C(F)C(C)(C)C. The summed E-state index contributed by atoms with van der Waals surface area (Å²) >= 11 is 0. The Morgan fingerprint density at radius 1 is 1.20 bits per heavy atom. The second-order valence-corrected chi connectivity index (χ2v) is 9.63. The van der Waals surface area contributed by atoms with Gasteiger partial charge in [0, 0.05) is 5.41 Å². The van der Waals surface area contributed by atoms with Crippen LogP contribution in [0.3, 0.4) is 0 Å². The van der Waals surface area contributed by atoms with E-state index in [1.54, 1.807) is 51.1 Å². The van der Waals surface area contributed by atoms with Gasteiger partial charge in [-0.15, -0.1) is 0 Å². The van der Waals surface area contributed by atoms with E-state index in [1.807, 2.05) is 6.92 Å². The van der Waals surface area contributed by atoms with Crippen molar-refractivity contribution in [2.24, 2.45) is 5.41 Å². The smallest absolute Gasteiger partial charge is 0.351 e. The lowest BCUT2D eigenvalue weighted by atomic mass is 9.99. The monoisotopic (exact) mass is 373 g/mol. The van der Waals surface area contributed by atoms with Crippen molar-refractivity contribution >= 4 is 13.5 Å². The summed E-state index contributed by atoms with van der Waals surface area (Å²) < 4.78 is 39.2. The lowest BCUT2D eigenvalue weighted by molar-refractivity contribution is -0.149. The van der Waals surface area contributed by atoms with Crippen molar-refractivity contribution in [2.75, 3.05) is 6.61 Å². The number of carbonyl (C=O) groups is 1. The van der Waals surface area contributed by atoms with Crippen LogP contribution < -0.4 is 9.61 Å². The van der Waals surface area contributed by atoms with Gasteiger partial charge in [0.05, 0.1) is 6.61 Å². The number of halogens is 1. The molecular formula is C18H29FNO4P. The Hall–Kier alpha value is -1.39. The number of hydrogen-bond donors (Lipinski definition) is 1. The second kappa shape index (κ2) is 8.33. The van der Waals surface area contributed by atoms with Crippen LogP contribution in [0.2, 0.25) is 0 Å². The number of para-hydroxylation sites is 1. The zero-order chi connectivity index (χ0) is 19.3. The highest BCUT2D eigenvalue weighted by Gasteiger charge is 2.49. The fourth-order valence-corrected chi connectivity index (χ4v) is 4.66. The van der Waals surface area contributed by atoms with E-state index in [1.165, 1.54) is 13.8 Å². The normalized spacial score (nSPS) is 16.0. The maximum atomic E-state index is 15.1. The number of carbonyl (C=O) groups excluding carboxylic acids is 1. The molecule has 0 aliphatic carbocycles. The van der Waals surface area contributed by atoms with Crippen LogP contribution >= 0.6 is 7.52 Å². The van der Waals surface area contributed by atoms with Crippen LogP contribution in [-0.2, 0) is 14.1 Å². The minimum atomic E-state index is -4.08. The van der Waals surface area contributed by atoms with Crippen LogP contribution in [0, 0.1) is 5.41 Å². The third-order valence-electron chi connectivity index (χ3n) is 3.38. The topological polar surface area (TPSA) is 64.6 Å². The summed E-state index contributed by atoms with van der Waals surface area (Å²) in [5.41, 5.74) is -2.31. The van der Waals surface area contributed by atoms with Gasteiger partial charge in [0.2, 0.25) is 5.91 Å². The second-order valence-electron chi connectivity index (χ2n) is 7.58. The molecule has 0 aromatic heterocycles. The molecule has 0 bridgehead atoms. The van der Waals surface area contributed by atoms with Gasteiger partial charge in [-0.05, 0) is 32.4 Å². The highest BCUT2D eigenvalue weighted by atomic mass is 31.2. The first kappa shape index (κ1) is 21.7. The molecule has 0 saturated heterocycles. The van der Waals surface area contributed by atoms with Crippen molar-refractivity contribution in [1.29, 1.82) is 0 Å². The molecule has 2 atom stereocenters. The van der Waals surface area contributed by atoms with E-state index in [2.05, 4.69) is 5.09 Å². The van der Waals surface area contributed by atoms with Crippen molar-refractivity contribution in [3.05, 3.63) is 30.3 Å². The number of rotatable bonds is 8. The molecule has 142 valence electrons. The van der Waals surface area contributed by atoms with E-state index in [4.69, 9.17) is 9.26 Å². The molecule has 0 heterocycles. The Kier molecular flexibility index (Phi) is 7.21. The van der Waals surface area contributed by atoms with Gasteiger partial charge in [0.15, 0.2) is 0 Å². The van der Waals surface area contributed by atoms with Gasteiger partial charge in [0.25, 0.3) is 0 Å². The Morgan fingerprint density at radius 3 is 2.24 bits per heavy atom. The van der Waals surface area contributed by atoms with Gasteiger partial charge in [-0.3, -0.25) is 9.36 Å². The third-order valence-corrected chi connectivity index (χ3v) is 6.10. The Bertz CT molecular complexity index is 613. The Balaban J connectivity index is 3.14. The first-order valence-electron chi connectivity index (χ1n) is 8.37. The van der Waals surface area contributed by atoms with E-state index < -0.39 is 30.4 Å². The minimum Gasteiger partial charge on any atom is -0.464 e. The maximum absolute atomic E-state index is 15.1. The van der Waals surface area contributed by atoms with Gasteiger partial charge in [-0.25, -0.2) is 9.48 Å². The highest BCUT2D eigenvalue weighted by Crippen LogP contribution is 2.56. The summed E-state index contributed by atoms with van der Waals surface area (Å²) in [7, 11) is -4.08. The molecule has 25 heavy (non-hydrogen) atoms. The Labute approximate surface area is 149 Å². The summed E-state index contributed by atoms with van der Waals surface area (Å²) in [6, 6.07) is 8.35. The summed E-state index contributed by atoms with van der Waals surface area (Å²) in [5, 5.41) is 2.62.